The van der Waals surface area contributed by atoms with E-state index in [1.54, 1.807) is 42.0 Å². The van der Waals surface area contributed by atoms with E-state index in [2.05, 4.69) is 15.0 Å². The highest BCUT2D eigenvalue weighted by Crippen LogP contribution is 2.14. The van der Waals surface area contributed by atoms with Crippen LogP contribution in [0, 0.1) is 0 Å². The topological polar surface area (TPSA) is 77.7 Å². The lowest BCUT2D eigenvalue weighted by Crippen LogP contribution is -2.21. The van der Waals surface area contributed by atoms with E-state index >= 15 is 0 Å². The fraction of sp³-hybridized carbons (Fsp3) is 0.500. The van der Waals surface area contributed by atoms with Crippen molar-refractivity contribution in [3.8, 4) is 0 Å². The van der Waals surface area contributed by atoms with Gasteiger partial charge in [0.1, 0.15) is 0 Å². The molecule has 0 aromatic carbocycles. The van der Waals surface area contributed by atoms with Crippen LogP contribution < -0.4 is 0 Å². The third-order valence-electron chi connectivity index (χ3n) is 2.82. The number of aliphatic imine (C=N–C) groups is 3. The second-order valence-electron chi connectivity index (χ2n) is 5.10. The van der Waals surface area contributed by atoms with E-state index in [-0.39, 0.29) is 12.1 Å². The maximum absolute atomic E-state index is 11.5. The van der Waals surface area contributed by atoms with Crippen LogP contribution in [0.1, 0.15) is 20.3 Å². The molecule has 0 bridgehead atoms. The van der Waals surface area contributed by atoms with Gasteiger partial charge in [0.2, 0.25) is 0 Å². The second-order valence-corrected chi connectivity index (χ2v) is 5.10. The summed E-state index contributed by atoms with van der Waals surface area (Å²) in [5, 5.41) is 0. The minimum atomic E-state index is -0.328. The van der Waals surface area contributed by atoms with E-state index in [9.17, 15) is 9.59 Å². The molecule has 0 fully saturated rings. The van der Waals surface area contributed by atoms with Gasteiger partial charge in [0.25, 0.3) is 0 Å². The minimum absolute atomic E-state index is 0.322. The van der Waals surface area contributed by atoms with E-state index < -0.39 is 0 Å². The maximum Gasteiger partial charge on any atom is 0.343 e. The van der Waals surface area contributed by atoms with Crippen molar-refractivity contribution in [3.05, 3.63) is 11.8 Å². The van der Waals surface area contributed by atoms with Crippen molar-refractivity contribution < 1.29 is 9.59 Å². The molecule has 1 aliphatic rings. The molecule has 7 heteroatoms. The molecule has 0 radical (unpaired) electrons. The van der Waals surface area contributed by atoms with Crippen LogP contribution in [0.3, 0.4) is 0 Å². The number of allylic oxidation sites excluding steroid dienone is 2. The maximum atomic E-state index is 11.5. The van der Waals surface area contributed by atoms with Crippen molar-refractivity contribution in [1.82, 2.24) is 9.80 Å². The summed E-state index contributed by atoms with van der Waals surface area (Å²) in [4.78, 5) is 38.2. The van der Waals surface area contributed by atoms with Gasteiger partial charge >= 0.3 is 12.1 Å². The van der Waals surface area contributed by atoms with Crippen molar-refractivity contribution in [1.29, 1.82) is 0 Å². The molecule has 21 heavy (non-hydrogen) atoms. The molecule has 114 valence electrons. The van der Waals surface area contributed by atoms with Gasteiger partial charge in [-0.3, -0.25) is 0 Å². The second kappa shape index (κ2) is 6.92. The summed E-state index contributed by atoms with van der Waals surface area (Å²) in [6, 6.07) is -0.651. The number of rotatable bonds is 2. The first-order chi connectivity index (χ1) is 9.72. The quantitative estimate of drug-likeness (QED) is 0.729. The van der Waals surface area contributed by atoms with Gasteiger partial charge in [-0.25, -0.2) is 14.6 Å². The monoisotopic (exact) mass is 291 g/mol. The highest BCUT2D eigenvalue weighted by molar-refractivity contribution is 6.44. The Bertz CT molecular complexity index is 568. The summed E-state index contributed by atoms with van der Waals surface area (Å²) in [6.07, 6.45) is 2.45. The summed E-state index contributed by atoms with van der Waals surface area (Å²) < 4.78 is 0. The van der Waals surface area contributed by atoms with Crippen molar-refractivity contribution >= 4 is 29.2 Å². The molecule has 7 nitrogen and oxygen atoms in total. The van der Waals surface area contributed by atoms with Gasteiger partial charge in [0.05, 0.1) is 22.8 Å². The van der Waals surface area contributed by atoms with Crippen molar-refractivity contribution in [2.45, 2.75) is 20.3 Å². The molecular formula is C14H21N5O2. The smallest absolute Gasteiger partial charge is 0.329 e. The van der Waals surface area contributed by atoms with Gasteiger partial charge in [-0.15, -0.1) is 0 Å². The average Bonchev–Trinajstić information content (AvgIpc) is 2.87. The number of urea groups is 2. The van der Waals surface area contributed by atoms with Crippen LogP contribution in [0.15, 0.2) is 26.8 Å². The van der Waals surface area contributed by atoms with Crippen LogP contribution >= 0.6 is 0 Å². The van der Waals surface area contributed by atoms with Crippen LogP contribution in [0.25, 0.3) is 0 Å². The predicted molar refractivity (Wildman–Crippen MR) is 84.5 cm³/mol. The number of hydrogen-bond donors (Lipinski definition) is 0. The SMILES string of the molecule is C/C(=N\C(=O)N(C)C)C1=CCC(/C(C)=N/C(=O)N(C)C)=N1. The number of carbonyl (C=O) groups excluding carboxylic acids is 2. The van der Waals surface area contributed by atoms with Crippen molar-refractivity contribution in [3.63, 3.8) is 0 Å². The van der Waals surface area contributed by atoms with Crippen molar-refractivity contribution in [2.24, 2.45) is 15.0 Å². The number of carbonyl (C=O) groups is 2. The summed E-state index contributed by atoms with van der Waals surface area (Å²) in [7, 11) is 6.56. The fourth-order valence-electron chi connectivity index (χ4n) is 1.50. The largest absolute Gasteiger partial charge is 0.343 e. The first-order valence-electron chi connectivity index (χ1n) is 6.54. The normalized spacial score (nSPS) is 15.5. The Kier molecular flexibility index (Phi) is 5.52. The zero-order valence-electron chi connectivity index (χ0n) is 13.3. The molecular weight excluding hydrogens is 270 g/mol. The highest BCUT2D eigenvalue weighted by Gasteiger charge is 2.15. The molecule has 0 atom stereocenters. The molecule has 0 unspecified atom stereocenters. The highest BCUT2D eigenvalue weighted by atomic mass is 16.2. The Hall–Kier alpha value is -2.31. The van der Waals surface area contributed by atoms with Gasteiger partial charge in [-0.2, -0.15) is 9.98 Å². The zero-order chi connectivity index (χ0) is 16.2. The summed E-state index contributed by atoms with van der Waals surface area (Å²) in [5.41, 5.74) is 2.49. The van der Waals surface area contributed by atoms with Crippen LogP contribution in [-0.4, -0.2) is 67.2 Å². The van der Waals surface area contributed by atoms with Gasteiger partial charge in [-0.1, -0.05) is 6.08 Å². The van der Waals surface area contributed by atoms with Gasteiger partial charge in [0, 0.05) is 34.6 Å². The molecule has 1 rings (SSSR count). The van der Waals surface area contributed by atoms with Gasteiger partial charge < -0.3 is 9.80 Å². The lowest BCUT2D eigenvalue weighted by atomic mass is 10.2. The third-order valence-corrected chi connectivity index (χ3v) is 2.82. The molecule has 0 saturated heterocycles. The summed E-state index contributed by atoms with van der Waals surface area (Å²) in [6.45, 7) is 3.48. The van der Waals surface area contributed by atoms with E-state index in [1.807, 2.05) is 6.08 Å². The molecule has 0 aromatic rings. The van der Waals surface area contributed by atoms with Crippen LogP contribution in [0.5, 0.6) is 0 Å². The third kappa shape index (κ3) is 4.62. The number of hydrogen-bond acceptors (Lipinski definition) is 3. The Morgan fingerprint density at radius 2 is 1.48 bits per heavy atom. The Balaban J connectivity index is 2.87. The van der Waals surface area contributed by atoms with Crippen LogP contribution in [0.2, 0.25) is 0 Å². The molecule has 0 aliphatic carbocycles. The molecule has 0 N–H and O–H groups in total. The summed E-state index contributed by atoms with van der Waals surface area (Å²) >= 11 is 0. The lowest BCUT2D eigenvalue weighted by Gasteiger charge is -2.07. The lowest BCUT2D eigenvalue weighted by molar-refractivity contribution is 0.226. The molecule has 0 spiro atoms. The van der Waals surface area contributed by atoms with E-state index in [0.29, 0.717) is 29.3 Å². The first-order valence-corrected chi connectivity index (χ1v) is 6.54. The van der Waals surface area contributed by atoms with E-state index in [1.165, 1.54) is 9.80 Å². The van der Waals surface area contributed by atoms with Crippen molar-refractivity contribution in [2.75, 3.05) is 28.2 Å². The number of nitrogens with zero attached hydrogens (tertiary/aromatic N) is 5. The molecule has 1 heterocycles. The van der Waals surface area contributed by atoms with Crippen LogP contribution in [-0.2, 0) is 0 Å². The minimum Gasteiger partial charge on any atom is -0.329 e. The fourth-order valence-corrected chi connectivity index (χ4v) is 1.50. The first kappa shape index (κ1) is 16.7. The standard InChI is InChI=1S/C14H21N5O2/c1-9(15-13(20)18(3)4)11-7-8-12(17-11)10(2)16-14(21)19(5)6/h7H,8H2,1-6H3/b15-9+,16-10+. The van der Waals surface area contributed by atoms with Gasteiger partial charge in [0.15, 0.2) is 0 Å². The number of amides is 4. The molecule has 0 aromatic heterocycles. The molecule has 1 aliphatic heterocycles. The Morgan fingerprint density at radius 3 is 1.95 bits per heavy atom. The molecule has 4 amide bonds. The van der Waals surface area contributed by atoms with E-state index in [0.717, 1.165) is 0 Å². The average molecular weight is 291 g/mol. The van der Waals surface area contributed by atoms with Gasteiger partial charge in [-0.05, 0) is 13.8 Å². The Labute approximate surface area is 124 Å². The predicted octanol–water partition coefficient (Wildman–Crippen LogP) is 2.00. The summed E-state index contributed by atoms with van der Waals surface area (Å²) in [5.74, 6) is 0. The van der Waals surface area contributed by atoms with E-state index in [4.69, 9.17) is 0 Å². The molecule has 0 saturated carbocycles. The van der Waals surface area contributed by atoms with Crippen LogP contribution in [0.4, 0.5) is 9.59 Å². The Morgan fingerprint density at radius 1 is 1.00 bits per heavy atom. The zero-order valence-corrected chi connectivity index (χ0v) is 13.3.